The van der Waals surface area contributed by atoms with Gasteiger partial charge in [0, 0.05) is 0 Å². The summed E-state index contributed by atoms with van der Waals surface area (Å²) < 4.78 is 16.8. The van der Waals surface area contributed by atoms with Crippen molar-refractivity contribution in [2.75, 3.05) is 6.61 Å². The Labute approximate surface area is 115 Å². The molecular formula is C14H15N3O3. The number of ether oxygens (including phenoxy) is 2. The molecule has 0 saturated heterocycles. The fraction of sp³-hybridized carbons (Fsp3) is 0.429. The fourth-order valence-electron chi connectivity index (χ4n) is 2.49. The maximum absolute atomic E-state index is 6.18. The van der Waals surface area contributed by atoms with Gasteiger partial charge in [0.1, 0.15) is 6.61 Å². The highest BCUT2D eigenvalue weighted by atomic mass is 16.6. The summed E-state index contributed by atoms with van der Waals surface area (Å²) in [4.78, 5) is 4.39. The topological polar surface area (TPSA) is 83.4 Å². The number of rotatable bonds is 2. The number of aromatic nitrogens is 2. The Hall–Kier alpha value is -2.08. The van der Waals surface area contributed by atoms with Gasteiger partial charge in [0.25, 0.3) is 0 Å². The van der Waals surface area contributed by atoms with Crippen LogP contribution in [0.25, 0.3) is 0 Å². The Morgan fingerprint density at radius 3 is 2.75 bits per heavy atom. The number of nitrogens with two attached hydrogens (primary N) is 1. The van der Waals surface area contributed by atoms with Gasteiger partial charge in [-0.1, -0.05) is 17.3 Å². The lowest BCUT2D eigenvalue weighted by Crippen LogP contribution is -2.43. The summed E-state index contributed by atoms with van der Waals surface area (Å²) in [5, 5.41) is 3.99. The van der Waals surface area contributed by atoms with Crippen LogP contribution in [0.1, 0.15) is 37.1 Å². The number of para-hydroxylation sites is 2. The van der Waals surface area contributed by atoms with Crippen molar-refractivity contribution >= 4 is 0 Å². The Morgan fingerprint density at radius 1 is 1.20 bits per heavy atom. The summed E-state index contributed by atoms with van der Waals surface area (Å²) in [6, 6.07) is 7.54. The number of fused-ring (bicyclic) bond motifs is 1. The number of benzene rings is 1. The van der Waals surface area contributed by atoms with Crippen LogP contribution in [0.2, 0.25) is 0 Å². The normalized spacial score (nSPS) is 23.1. The van der Waals surface area contributed by atoms with Crippen LogP contribution in [0.3, 0.4) is 0 Å². The van der Waals surface area contributed by atoms with Crippen molar-refractivity contribution in [1.82, 2.24) is 10.1 Å². The number of hydrogen-bond donors (Lipinski definition) is 1. The molecule has 2 aromatic rings. The minimum Gasteiger partial charge on any atom is -0.485 e. The maximum atomic E-state index is 6.18. The first-order chi connectivity index (χ1) is 9.74. The van der Waals surface area contributed by atoms with Crippen LogP contribution in [-0.2, 0) is 5.54 Å². The smallest absolute Gasteiger partial charge is 0.246 e. The van der Waals surface area contributed by atoms with Crippen molar-refractivity contribution in [3.63, 3.8) is 0 Å². The molecule has 1 atom stereocenters. The van der Waals surface area contributed by atoms with E-state index in [1.54, 1.807) is 0 Å². The van der Waals surface area contributed by atoms with Crippen LogP contribution >= 0.6 is 0 Å². The van der Waals surface area contributed by atoms with Gasteiger partial charge in [0.05, 0.1) is 5.54 Å². The van der Waals surface area contributed by atoms with E-state index in [1.807, 2.05) is 24.3 Å². The lowest BCUT2D eigenvalue weighted by atomic mass is 9.78. The molecule has 0 amide bonds. The van der Waals surface area contributed by atoms with E-state index in [9.17, 15) is 0 Å². The number of nitrogens with zero attached hydrogens (tertiary/aromatic N) is 2. The molecule has 1 unspecified atom stereocenters. The van der Waals surface area contributed by atoms with Gasteiger partial charge < -0.3 is 19.7 Å². The molecule has 1 aliphatic heterocycles. The van der Waals surface area contributed by atoms with Gasteiger partial charge in [-0.25, -0.2) is 0 Å². The highest BCUT2D eigenvalue weighted by Crippen LogP contribution is 2.39. The highest BCUT2D eigenvalue weighted by Gasteiger charge is 2.40. The molecule has 0 spiro atoms. The molecule has 2 N–H and O–H groups in total. The second-order valence-corrected chi connectivity index (χ2v) is 5.33. The van der Waals surface area contributed by atoms with E-state index in [0.717, 1.165) is 25.0 Å². The molecule has 1 aromatic heterocycles. The zero-order chi connectivity index (χ0) is 13.6. The average molecular weight is 273 g/mol. The molecule has 1 fully saturated rings. The molecule has 6 nitrogen and oxygen atoms in total. The Bertz CT molecular complexity index is 636. The Morgan fingerprint density at radius 2 is 2.00 bits per heavy atom. The molecule has 1 saturated carbocycles. The largest absolute Gasteiger partial charge is 0.485 e. The van der Waals surface area contributed by atoms with Crippen LogP contribution in [0.4, 0.5) is 0 Å². The minimum absolute atomic E-state index is 0.355. The van der Waals surface area contributed by atoms with E-state index in [2.05, 4.69) is 10.1 Å². The van der Waals surface area contributed by atoms with E-state index in [0.29, 0.717) is 24.1 Å². The quantitative estimate of drug-likeness (QED) is 0.900. The lowest BCUT2D eigenvalue weighted by Gasteiger charge is -2.33. The van der Waals surface area contributed by atoms with Gasteiger partial charge >= 0.3 is 0 Å². The van der Waals surface area contributed by atoms with Crippen molar-refractivity contribution in [3.05, 3.63) is 36.0 Å². The first-order valence-corrected chi connectivity index (χ1v) is 6.76. The molecule has 0 bridgehead atoms. The lowest BCUT2D eigenvalue weighted by molar-refractivity contribution is 0.0831. The molecule has 104 valence electrons. The second-order valence-electron chi connectivity index (χ2n) is 5.33. The zero-order valence-electron chi connectivity index (χ0n) is 10.9. The SMILES string of the molecule is NC1(c2nc(C3COc4ccccc4O3)no2)CCC1. The third-order valence-electron chi connectivity index (χ3n) is 3.91. The Balaban J connectivity index is 1.57. The highest BCUT2D eigenvalue weighted by molar-refractivity contribution is 5.40. The van der Waals surface area contributed by atoms with E-state index in [4.69, 9.17) is 19.7 Å². The van der Waals surface area contributed by atoms with Crippen molar-refractivity contribution in [1.29, 1.82) is 0 Å². The number of hydrogen-bond acceptors (Lipinski definition) is 6. The van der Waals surface area contributed by atoms with Crippen molar-refractivity contribution in [2.45, 2.75) is 30.9 Å². The van der Waals surface area contributed by atoms with Crippen molar-refractivity contribution < 1.29 is 14.0 Å². The molecule has 1 aromatic carbocycles. The van der Waals surface area contributed by atoms with E-state index in [-0.39, 0.29) is 6.10 Å². The van der Waals surface area contributed by atoms with Gasteiger partial charge in [-0.15, -0.1) is 0 Å². The van der Waals surface area contributed by atoms with Crippen LogP contribution in [0.15, 0.2) is 28.8 Å². The summed E-state index contributed by atoms with van der Waals surface area (Å²) in [6.45, 7) is 0.369. The molecule has 0 radical (unpaired) electrons. The predicted molar refractivity (Wildman–Crippen MR) is 69.3 cm³/mol. The summed E-state index contributed by atoms with van der Waals surface area (Å²) in [6.07, 6.45) is 2.52. The fourth-order valence-corrected chi connectivity index (χ4v) is 2.49. The van der Waals surface area contributed by atoms with Crippen LogP contribution < -0.4 is 15.2 Å². The van der Waals surface area contributed by atoms with Gasteiger partial charge in [0.2, 0.25) is 11.7 Å². The van der Waals surface area contributed by atoms with E-state index >= 15 is 0 Å². The van der Waals surface area contributed by atoms with E-state index in [1.165, 1.54) is 0 Å². The third-order valence-corrected chi connectivity index (χ3v) is 3.91. The van der Waals surface area contributed by atoms with Crippen LogP contribution in [0.5, 0.6) is 11.5 Å². The maximum Gasteiger partial charge on any atom is 0.246 e. The predicted octanol–water partition coefficient (Wildman–Crippen LogP) is 1.92. The first kappa shape index (κ1) is 11.7. The summed E-state index contributed by atoms with van der Waals surface area (Å²) >= 11 is 0. The van der Waals surface area contributed by atoms with Gasteiger partial charge in [-0.3, -0.25) is 0 Å². The molecular weight excluding hydrogens is 258 g/mol. The summed E-state index contributed by atoms with van der Waals surface area (Å²) in [5.41, 5.74) is 5.73. The zero-order valence-corrected chi connectivity index (χ0v) is 10.9. The van der Waals surface area contributed by atoms with Gasteiger partial charge in [-0.2, -0.15) is 4.98 Å². The van der Waals surface area contributed by atoms with Crippen LogP contribution in [-0.4, -0.2) is 16.7 Å². The molecule has 6 heteroatoms. The average Bonchev–Trinajstić information content (AvgIpc) is 2.94. The first-order valence-electron chi connectivity index (χ1n) is 6.76. The standard InChI is InChI=1S/C14H15N3O3/c15-14(6-3-7-14)13-16-12(17-20-13)11-8-18-9-4-1-2-5-10(9)19-11/h1-2,4-5,11H,3,6-8,15H2. The second kappa shape index (κ2) is 4.21. The van der Waals surface area contributed by atoms with Crippen molar-refractivity contribution in [2.24, 2.45) is 5.73 Å². The van der Waals surface area contributed by atoms with Crippen LogP contribution in [0, 0.1) is 0 Å². The Kier molecular flexibility index (Phi) is 2.47. The third kappa shape index (κ3) is 1.76. The molecule has 2 aliphatic rings. The molecule has 4 rings (SSSR count). The van der Waals surface area contributed by atoms with Crippen molar-refractivity contribution in [3.8, 4) is 11.5 Å². The summed E-state index contributed by atoms with van der Waals surface area (Å²) in [5.74, 6) is 2.43. The van der Waals surface area contributed by atoms with Gasteiger partial charge in [0.15, 0.2) is 17.6 Å². The molecule has 2 heterocycles. The van der Waals surface area contributed by atoms with E-state index < -0.39 is 5.54 Å². The minimum atomic E-state index is -0.446. The molecule has 20 heavy (non-hydrogen) atoms. The monoisotopic (exact) mass is 273 g/mol. The molecule has 1 aliphatic carbocycles. The summed E-state index contributed by atoms with van der Waals surface area (Å²) in [7, 11) is 0. The van der Waals surface area contributed by atoms with Gasteiger partial charge in [-0.05, 0) is 31.4 Å².